The Morgan fingerprint density at radius 2 is 2.09 bits per heavy atom. The smallest absolute Gasteiger partial charge is 0.240 e. The molecule has 7 heteroatoms. The van der Waals surface area contributed by atoms with Crippen molar-refractivity contribution < 1.29 is 17.9 Å². The van der Waals surface area contributed by atoms with Gasteiger partial charge in [-0.05, 0) is 24.3 Å². The van der Waals surface area contributed by atoms with Crippen LogP contribution in [0.2, 0.25) is 0 Å². The van der Waals surface area contributed by atoms with Crippen molar-refractivity contribution in [2.45, 2.75) is 18.2 Å². The first kappa shape index (κ1) is 16.2. The highest BCUT2D eigenvalue weighted by Gasteiger charge is 2.19. The molecule has 0 bridgehead atoms. The van der Waals surface area contributed by atoms with Gasteiger partial charge in [0.05, 0.1) is 17.7 Å². The first-order valence-corrected chi connectivity index (χ1v) is 8.63. The molecular formula is C15H18N2O4S. The average Bonchev–Trinajstić information content (AvgIpc) is 2.45. The molecule has 118 valence electrons. The van der Waals surface area contributed by atoms with E-state index >= 15 is 0 Å². The molecule has 1 aliphatic heterocycles. The highest BCUT2D eigenvalue weighted by Crippen LogP contribution is 2.27. The van der Waals surface area contributed by atoms with Crippen LogP contribution in [0.25, 0.3) is 6.08 Å². The summed E-state index contributed by atoms with van der Waals surface area (Å²) in [7, 11) is -1.90. The molecule has 0 fully saturated rings. The molecule has 0 aromatic heterocycles. The van der Waals surface area contributed by atoms with Crippen molar-refractivity contribution in [3.05, 3.63) is 29.8 Å². The van der Waals surface area contributed by atoms with Crippen LogP contribution in [-0.2, 0) is 14.6 Å². The molecule has 2 rings (SSSR count). The number of carbonyl (C=O) groups excluding carboxylic acids is 1. The second-order valence-corrected chi connectivity index (χ2v) is 7.14. The van der Waals surface area contributed by atoms with Gasteiger partial charge in [-0.3, -0.25) is 4.79 Å². The Kier molecular flexibility index (Phi) is 4.65. The number of methoxy groups -OCH3 is 1. The fourth-order valence-electron chi connectivity index (χ4n) is 2.23. The minimum absolute atomic E-state index is 0.0265. The summed E-state index contributed by atoms with van der Waals surface area (Å²) < 4.78 is 29.0. The lowest BCUT2D eigenvalue weighted by molar-refractivity contribution is -0.121. The van der Waals surface area contributed by atoms with Crippen molar-refractivity contribution in [3.63, 3.8) is 0 Å². The molecule has 1 N–H and O–H groups in total. The Morgan fingerprint density at radius 3 is 2.68 bits per heavy atom. The van der Waals surface area contributed by atoms with Crippen LogP contribution in [0.1, 0.15) is 18.9 Å². The van der Waals surface area contributed by atoms with Gasteiger partial charge in [0.2, 0.25) is 5.91 Å². The van der Waals surface area contributed by atoms with Crippen molar-refractivity contribution in [1.82, 2.24) is 5.43 Å². The predicted octanol–water partition coefficient (Wildman–Crippen LogP) is 1.62. The maximum Gasteiger partial charge on any atom is 0.240 e. The van der Waals surface area contributed by atoms with Crippen molar-refractivity contribution in [2.75, 3.05) is 13.4 Å². The molecule has 22 heavy (non-hydrogen) atoms. The molecule has 0 aliphatic carbocycles. The van der Waals surface area contributed by atoms with Gasteiger partial charge in [-0.2, -0.15) is 5.10 Å². The first-order valence-electron chi connectivity index (χ1n) is 6.74. The van der Waals surface area contributed by atoms with Crippen molar-refractivity contribution in [3.8, 4) is 5.75 Å². The first-order chi connectivity index (χ1) is 10.3. The number of nitrogens with zero attached hydrogens (tertiary/aromatic N) is 1. The quantitative estimate of drug-likeness (QED) is 0.913. The number of amides is 1. The number of hydrogen-bond donors (Lipinski definition) is 1. The van der Waals surface area contributed by atoms with Crippen LogP contribution in [0.5, 0.6) is 5.75 Å². The second kappa shape index (κ2) is 6.31. The monoisotopic (exact) mass is 322 g/mol. The average molecular weight is 322 g/mol. The molecular weight excluding hydrogens is 304 g/mol. The van der Waals surface area contributed by atoms with E-state index in [1.54, 1.807) is 24.3 Å². The SMILES string of the molecule is COc1cccc(S(C)(=O)=O)c1C=CC1=NNC(=O)CC1C. The van der Waals surface area contributed by atoms with Crippen LogP contribution in [0.4, 0.5) is 0 Å². The summed E-state index contributed by atoms with van der Waals surface area (Å²) in [6.45, 7) is 1.89. The second-order valence-electron chi connectivity index (χ2n) is 5.15. The normalized spacial score (nSPS) is 19.0. The summed E-state index contributed by atoms with van der Waals surface area (Å²) in [6.07, 6.45) is 4.87. The molecule has 0 spiro atoms. The Balaban J connectivity index is 2.45. The lowest BCUT2D eigenvalue weighted by Crippen LogP contribution is -2.30. The van der Waals surface area contributed by atoms with E-state index in [0.29, 0.717) is 23.4 Å². The Morgan fingerprint density at radius 1 is 1.36 bits per heavy atom. The molecule has 0 saturated carbocycles. The third kappa shape index (κ3) is 3.54. The molecule has 0 saturated heterocycles. The maximum absolute atomic E-state index is 11.9. The van der Waals surface area contributed by atoms with E-state index in [-0.39, 0.29) is 16.7 Å². The minimum Gasteiger partial charge on any atom is -0.496 e. The van der Waals surface area contributed by atoms with E-state index in [4.69, 9.17) is 4.74 Å². The van der Waals surface area contributed by atoms with Gasteiger partial charge in [0, 0.05) is 24.2 Å². The van der Waals surface area contributed by atoms with Gasteiger partial charge in [-0.15, -0.1) is 0 Å². The Hall–Kier alpha value is -2.15. The minimum atomic E-state index is -3.38. The summed E-state index contributed by atoms with van der Waals surface area (Å²) in [6, 6.07) is 4.86. The summed E-state index contributed by atoms with van der Waals surface area (Å²) in [4.78, 5) is 11.4. The number of nitrogens with one attached hydrogen (secondary N) is 1. The highest BCUT2D eigenvalue weighted by atomic mass is 32.2. The third-order valence-corrected chi connectivity index (χ3v) is 4.53. The third-order valence-electron chi connectivity index (χ3n) is 3.37. The summed E-state index contributed by atoms with van der Waals surface area (Å²) >= 11 is 0. The molecule has 1 aromatic carbocycles. The van der Waals surface area contributed by atoms with E-state index in [1.165, 1.54) is 13.2 Å². The van der Waals surface area contributed by atoms with Gasteiger partial charge in [0.15, 0.2) is 9.84 Å². The molecule has 1 aliphatic rings. The summed E-state index contributed by atoms with van der Waals surface area (Å²) in [5.41, 5.74) is 3.58. The molecule has 6 nitrogen and oxygen atoms in total. The van der Waals surface area contributed by atoms with Crippen LogP contribution in [0.3, 0.4) is 0 Å². The number of benzene rings is 1. The van der Waals surface area contributed by atoms with E-state index in [0.717, 1.165) is 6.26 Å². The predicted molar refractivity (Wildman–Crippen MR) is 84.5 cm³/mol. The van der Waals surface area contributed by atoms with Gasteiger partial charge in [0.1, 0.15) is 5.75 Å². The van der Waals surface area contributed by atoms with Gasteiger partial charge < -0.3 is 4.74 Å². The number of carbonyl (C=O) groups is 1. The maximum atomic E-state index is 11.9. The molecule has 1 aromatic rings. The van der Waals surface area contributed by atoms with Crippen LogP contribution in [-0.4, -0.2) is 33.4 Å². The Bertz CT molecular complexity index is 751. The molecule has 1 amide bonds. The van der Waals surface area contributed by atoms with E-state index < -0.39 is 9.84 Å². The number of hydrazone groups is 1. The molecule has 0 radical (unpaired) electrons. The summed E-state index contributed by atoms with van der Waals surface area (Å²) in [5.74, 6) is 0.312. The van der Waals surface area contributed by atoms with Gasteiger partial charge in [-0.25, -0.2) is 13.8 Å². The van der Waals surface area contributed by atoms with E-state index in [2.05, 4.69) is 10.5 Å². The standard InChI is InChI=1S/C15H18N2O4S/c1-10-9-15(18)17-16-12(10)8-7-11-13(21-2)5-4-6-14(11)22(3,19)20/h4-8,10H,9H2,1-3H3,(H,17,18). The van der Waals surface area contributed by atoms with Crippen LogP contribution >= 0.6 is 0 Å². The molecule has 1 heterocycles. The fraction of sp³-hybridized carbons (Fsp3) is 0.333. The van der Waals surface area contributed by atoms with E-state index in [1.807, 2.05) is 6.92 Å². The lowest BCUT2D eigenvalue weighted by atomic mass is 9.99. The largest absolute Gasteiger partial charge is 0.496 e. The van der Waals surface area contributed by atoms with Crippen LogP contribution in [0, 0.1) is 5.92 Å². The van der Waals surface area contributed by atoms with E-state index in [9.17, 15) is 13.2 Å². The fourth-order valence-corrected chi connectivity index (χ4v) is 3.12. The van der Waals surface area contributed by atoms with Gasteiger partial charge in [0.25, 0.3) is 0 Å². The number of ether oxygens (including phenoxy) is 1. The van der Waals surface area contributed by atoms with Crippen molar-refractivity contribution >= 4 is 27.5 Å². The van der Waals surface area contributed by atoms with Crippen molar-refractivity contribution in [2.24, 2.45) is 11.0 Å². The number of rotatable bonds is 4. The number of hydrogen-bond acceptors (Lipinski definition) is 5. The lowest BCUT2D eigenvalue weighted by Gasteiger charge is -2.16. The van der Waals surface area contributed by atoms with Crippen molar-refractivity contribution in [1.29, 1.82) is 0 Å². The van der Waals surface area contributed by atoms with Crippen LogP contribution < -0.4 is 10.2 Å². The number of sulfone groups is 1. The zero-order valence-electron chi connectivity index (χ0n) is 12.7. The van der Waals surface area contributed by atoms with Gasteiger partial charge >= 0.3 is 0 Å². The Labute approximate surface area is 129 Å². The number of allylic oxidation sites excluding steroid dienone is 1. The topological polar surface area (TPSA) is 84.8 Å². The molecule has 1 unspecified atom stereocenters. The molecule has 1 atom stereocenters. The van der Waals surface area contributed by atoms with Crippen LogP contribution in [0.15, 0.2) is 34.3 Å². The zero-order chi connectivity index (χ0) is 16.3. The van der Waals surface area contributed by atoms with Gasteiger partial charge in [-0.1, -0.05) is 13.0 Å². The zero-order valence-corrected chi connectivity index (χ0v) is 13.5. The highest BCUT2D eigenvalue weighted by molar-refractivity contribution is 7.90. The summed E-state index contributed by atoms with van der Waals surface area (Å²) in [5, 5.41) is 3.99.